The number of rotatable bonds is 6. The number of benzene rings is 1. The summed E-state index contributed by atoms with van der Waals surface area (Å²) in [5, 5.41) is 5.63. The summed E-state index contributed by atoms with van der Waals surface area (Å²) < 4.78 is 3.80. The molecular weight excluding hydrogens is 326 g/mol. The molecule has 6 heteroatoms. The SMILES string of the molecule is Cc1ccc(CN(CCc2ccccc2)C(=O)c2csnn2)s1. The van der Waals surface area contributed by atoms with E-state index in [0.29, 0.717) is 18.8 Å². The molecule has 3 rings (SSSR count). The van der Waals surface area contributed by atoms with Crippen LogP contribution in [0.5, 0.6) is 0 Å². The molecule has 23 heavy (non-hydrogen) atoms. The maximum absolute atomic E-state index is 12.7. The van der Waals surface area contributed by atoms with Gasteiger partial charge in [-0.3, -0.25) is 4.79 Å². The van der Waals surface area contributed by atoms with Gasteiger partial charge in [-0.1, -0.05) is 34.8 Å². The second-order valence-corrected chi connectivity index (χ2v) is 7.25. The van der Waals surface area contributed by atoms with Crippen LogP contribution in [0.1, 0.15) is 25.8 Å². The van der Waals surface area contributed by atoms with Crippen LogP contribution in [0.15, 0.2) is 47.8 Å². The van der Waals surface area contributed by atoms with Crippen molar-refractivity contribution in [1.82, 2.24) is 14.5 Å². The Morgan fingerprint density at radius 1 is 1.17 bits per heavy atom. The van der Waals surface area contributed by atoms with Crippen molar-refractivity contribution in [2.24, 2.45) is 0 Å². The third-order valence-electron chi connectivity index (χ3n) is 3.52. The van der Waals surface area contributed by atoms with E-state index in [0.717, 1.165) is 6.42 Å². The number of carbonyl (C=O) groups is 1. The largest absolute Gasteiger partial charge is 0.332 e. The molecule has 0 unspecified atom stereocenters. The predicted octanol–water partition coefficient (Wildman–Crippen LogP) is 3.79. The highest BCUT2D eigenvalue weighted by Gasteiger charge is 2.19. The van der Waals surface area contributed by atoms with Crippen molar-refractivity contribution in [3.8, 4) is 0 Å². The zero-order chi connectivity index (χ0) is 16.1. The van der Waals surface area contributed by atoms with Gasteiger partial charge in [-0.15, -0.1) is 16.4 Å². The average molecular weight is 343 g/mol. The number of carbonyl (C=O) groups excluding carboxylic acids is 1. The summed E-state index contributed by atoms with van der Waals surface area (Å²) in [6, 6.07) is 14.4. The Hall–Kier alpha value is -2.05. The first-order chi connectivity index (χ1) is 11.2. The summed E-state index contributed by atoms with van der Waals surface area (Å²) in [5.74, 6) is -0.0549. The summed E-state index contributed by atoms with van der Waals surface area (Å²) in [4.78, 5) is 17.0. The van der Waals surface area contributed by atoms with Crippen LogP contribution in [0, 0.1) is 6.92 Å². The first-order valence-corrected chi connectivity index (χ1v) is 9.03. The zero-order valence-corrected chi connectivity index (χ0v) is 14.4. The topological polar surface area (TPSA) is 46.1 Å². The molecule has 0 atom stereocenters. The molecule has 0 radical (unpaired) electrons. The minimum absolute atomic E-state index is 0.0549. The van der Waals surface area contributed by atoms with Crippen molar-refractivity contribution in [2.75, 3.05) is 6.54 Å². The molecule has 0 saturated carbocycles. The van der Waals surface area contributed by atoms with Crippen molar-refractivity contribution in [2.45, 2.75) is 19.9 Å². The fraction of sp³-hybridized carbons (Fsp3) is 0.235. The highest BCUT2D eigenvalue weighted by molar-refractivity contribution is 7.11. The highest BCUT2D eigenvalue weighted by atomic mass is 32.1. The van der Waals surface area contributed by atoms with Gasteiger partial charge in [0.25, 0.3) is 5.91 Å². The number of nitrogens with zero attached hydrogens (tertiary/aromatic N) is 3. The Morgan fingerprint density at radius 2 is 2.00 bits per heavy atom. The maximum atomic E-state index is 12.7. The molecule has 1 aromatic carbocycles. The lowest BCUT2D eigenvalue weighted by Gasteiger charge is -2.21. The minimum atomic E-state index is -0.0549. The fourth-order valence-electron chi connectivity index (χ4n) is 2.34. The van der Waals surface area contributed by atoms with Crippen LogP contribution in [0.4, 0.5) is 0 Å². The number of amides is 1. The van der Waals surface area contributed by atoms with E-state index in [9.17, 15) is 4.79 Å². The van der Waals surface area contributed by atoms with Crippen LogP contribution in [0.2, 0.25) is 0 Å². The van der Waals surface area contributed by atoms with Crippen LogP contribution in [-0.2, 0) is 13.0 Å². The average Bonchev–Trinajstić information content (AvgIpc) is 3.23. The van der Waals surface area contributed by atoms with Crippen LogP contribution < -0.4 is 0 Å². The van der Waals surface area contributed by atoms with Gasteiger partial charge in [0.2, 0.25) is 0 Å². The van der Waals surface area contributed by atoms with Gasteiger partial charge in [0.1, 0.15) is 0 Å². The van der Waals surface area contributed by atoms with Crippen LogP contribution in [0.3, 0.4) is 0 Å². The Bertz CT molecular complexity index is 753. The number of hydrogen-bond donors (Lipinski definition) is 0. The van der Waals surface area contributed by atoms with Crippen LogP contribution >= 0.6 is 22.9 Å². The molecule has 0 fully saturated rings. The van der Waals surface area contributed by atoms with E-state index in [1.54, 1.807) is 16.7 Å². The van der Waals surface area contributed by atoms with Gasteiger partial charge in [-0.2, -0.15) is 0 Å². The second-order valence-electron chi connectivity index (χ2n) is 5.26. The lowest BCUT2D eigenvalue weighted by Crippen LogP contribution is -2.32. The molecule has 0 N–H and O–H groups in total. The van der Waals surface area contributed by atoms with E-state index in [4.69, 9.17) is 0 Å². The quantitative estimate of drug-likeness (QED) is 0.684. The summed E-state index contributed by atoms with van der Waals surface area (Å²) in [5.41, 5.74) is 1.65. The van der Waals surface area contributed by atoms with E-state index in [1.165, 1.54) is 26.9 Å². The maximum Gasteiger partial charge on any atom is 0.275 e. The highest BCUT2D eigenvalue weighted by Crippen LogP contribution is 2.19. The molecular formula is C17H17N3OS2. The fourth-order valence-corrected chi connectivity index (χ4v) is 3.68. The lowest BCUT2D eigenvalue weighted by atomic mass is 10.1. The molecule has 118 valence electrons. The van der Waals surface area contributed by atoms with Crippen LogP contribution in [-0.4, -0.2) is 26.9 Å². The standard InChI is InChI=1S/C17H17N3OS2/c1-13-7-8-15(23-13)11-20(17(21)16-12-22-19-18-16)10-9-14-5-3-2-4-6-14/h2-8,12H,9-11H2,1H3. The first-order valence-electron chi connectivity index (χ1n) is 7.38. The smallest absolute Gasteiger partial charge is 0.275 e. The van der Waals surface area contributed by atoms with Crippen molar-refractivity contribution in [3.63, 3.8) is 0 Å². The van der Waals surface area contributed by atoms with Crippen molar-refractivity contribution in [1.29, 1.82) is 0 Å². The monoisotopic (exact) mass is 343 g/mol. The van der Waals surface area contributed by atoms with E-state index in [-0.39, 0.29) is 5.91 Å². The van der Waals surface area contributed by atoms with E-state index < -0.39 is 0 Å². The van der Waals surface area contributed by atoms with E-state index >= 15 is 0 Å². The van der Waals surface area contributed by atoms with Gasteiger partial charge in [-0.25, -0.2) is 0 Å². The number of aromatic nitrogens is 2. The summed E-state index contributed by atoms with van der Waals surface area (Å²) in [7, 11) is 0. The van der Waals surface area contributed by atoms with E-state index in [1.807, 2.05) is 23.1 Å². The van der Waals surface area contributed by atoms with Crippen molar-refractivity contribution < 1.29 is 4.79 Å². The molecule has 0 aliphatic rings. The van der Waals surface area contributed by atoms with E-state index in [2.05, 4.69) is 40.8 Å². The minimum Gasteiger partial charge on any atom is -0.332 e. The zero-order valence-electron chi connectivity index (χ0n) is 12.8. The van der Waals surface area contributed by atoms with Gasteiger partial charge in [-0.05, 0) is 42.6 Å². The van der Waals surface area contributed by atoms with Gasteiger partial charge >= 0.3 is 0 Å². The van der Waals surface area contributed by atoms with Gasteiger partial charge < -0.3 is 4.90 Å². The molecule has 3 aromatic rings. The van der Waals surface area contributed by atoms with Crippen LogP contribution in [0.25, 0.3) is 0 Å². The molecule has 1 amide bonds. The van der Waals surface area contributed by atoms with Crippen molar-refractivity contribution >= 4 is 28.8 Å². The number of aryl methyl sites for hydroxylation is 1. The molecule has 0 saturated heterocycles. The Balaban J connectivity index is 1.74. The molecule has 0 bridgehead atoms. The third kappa shape index (κ3) is 4.24. The van der Waals surface area contributed by atoms with Gasteiger partial charge in [0.05, 0.1) is 6.54 Å². The first kappa shape index (κ1) is 15.8. The van der Waals surface area contributed by atoms with Gasteiger partial charge in [0.15, 0.2) is 5.69 Å². The molecule has 4 nitrogen and oxygen atoms in total. The molecule has 0 aliphatic carbocycles. The summed E-state index contributed by atoms with van der Waals surface area (Å²) >= 11 is 2.93. The Labute approximate surface area is 143 Å². The molecule has 0 aliphatic heterocycles. The normalized spacial score (nSPS) is 10.7. The third-order valence-corrected chi connectivity index (χ3v) is 5.01. The lowest BCUT2D eigenvalue weighted by molar-refractivity contribution is 0.0741. The summed E-state index contributed by atoms with van der Waals surface area (Å²) in [6.07, 6.45) is 0.828. The van der Waals surface area contributed by atoms with Gasteiger partial charge in [0, 0.05) is 21.7 Å². The van der Waals surface area contributed by atoms with Crippen molar-refractivity contribution in [3.05, 3.63) is 68.9 Å². The number of hydrogen-bond acceptors (Lipinski definition) is 5. The Morgan fingerprint density at radius 3 is 2.65 bits per heavy atom. The number of thiophene rings is 1. The predicted molar refractivity (Wildman–Crippen MR) is 93.9 cm³/mol. The molecule has 0 spiro atoms. The second kappa shape index (κ2) is 7.48. The molecule has 2 heterocycles. The molecule has 2 aromatic heterocycles. The Kier molecular flexibility index (Phi) is 5.15. The summed E-state index contributed by atoms with van der Waals surface area (Å²) in [6.45, 7) is 3.35.